The van der Waals surface area contributed by atoms with Crippen molar-refractivity contribution in [3.05, 3.63) is 119 Å². The molecule has 2 saturated carbocycles. The average Bonchev–Trinajstić information content (AvgIpc) is 3.43. The van der Waals surface area contributed by atoms with Gasteiger partial charge in [-0.15, -0.1) is 0 Å². The van der Waals surface area contributed by atoms with Gasteiger partial charge in [0.05, 0.1) is 35.5 Å². The minimum absolute atomic E-state index is 0.00808. The van der Waals surface area contributed by atoms with Crippen LogP contribution in [0.25, 0.3) is 0 Å². The van der Waals surface area contributed by atoms with E-state index in [0.717, 1.165) is 13.8 Å². The third-order valence-electron chi connectivity index (χ3n) is 14.9. The Morgan fingerprint density at radius 3 is 2.01 bits per heavy atom. The number of carbonyl (C=O) groups excluding carboxylic acids is 7. The van der Waals surface area contributed by atoms with Crippen LogP contribution in [0, 0.1) is 22.7 Å². The molecule has 3 aromatic rings. The molecule has 1 heterocycles. The quantitative estimate of drug-likeness (QED) is 0.0374. The molecule has 0 aromatic heterocycles. The van der Waals surface area contributed by atoms with E-state index in [1.54, 1.807) is 85.8 Å². The lowest BCUT2D eigenvalue weighted by atomic mass is 9.44. The van der Waals surface area contributed by atoms with Gasteiger partial charge in [0.15, 0.2) is 23.6 Å². The Morgan fingerprint density at radius 1 is 0.827 bits per heavy atom. The molecule has 19 nitrogen and oxygen atoms in total. The molecule has 1 saturated heterocycles. The lowest BCUT2D eigenvalue weighted by molar-refractivity contribution is -0.346. The first-order valence-electron chi connectivity index (χ1n) is 24.3. The second-order valence-electron chi connectivity index (χ2n) is 19.9. The predicted molar refractivity (Wildman–Crippen MR) is 270 cm³/mol. The molecule has 3 aliphatic carbocycles. The van der Waals surface area contributed by atoms with E-state index >= 15 is 4.79 Å². The molecule has 3 fully saturated rings. The summed E-state index contributed by atoms with van der Waals surface area (Å²) in [7, 11) is 2.52. The van der Waals surface area contributed by atoms with Gasteiger partial charge in [-0.3, -0.25) is 24.0 Å². The number of rotatable bonds is 18. The molecule has 21 heteroatoms. The lowest BCUT2D eigenvalue weighted by Gasteiger charge is -2.67. The summed E-state index contributed by atoms with van der Waals surface area (Å²) in [5, 5.41) is 37.9. The Morgan fingerprint density at radius 2 is 1.44 bits per heavy atom. The fraction of sp³-hybridized carbons (Fsp3) is 0.481. The summed E-state index contributed by atoms with van der Waals surface area (Å²) in [4.78, 5) is 111. The smallest absolute Gasteiger partial charge is 0.481 e. The number of nitrogens with one attached hydrogen (secondary N) is 1. The molecular formula is C54H61NO18S2. The van der Waals surface area contributed by atoms with Gasteiger partial charge < -0.3 is 53.8 Å². The van der Waals surface area contributed by atoms with Gasteiger partial charge in [-0.05, 0) is 54.8 Å². The maximum absolute atomic E-state index is 16.2. The molecule has 3 aromatic carbocycles. The Hall–Kier alpha value is -6.26. The van der Waals surface area contributed by atoms with Crippen molar-refractivity contribution in [2.24, 2.45) is 22.7 Å². The largest absolute Gasteiger partial charge is 0.508 e. The number of ketones is 1. The van der Waals surface area contributed by atoms with Crippen molar-refractivity contribution >= 4 is 69.3 Å². The van der Waals surface area contributed by atoms with Crippen LogP contribution in [-0.2, 0) is 57.1 Å². The Bertz CT molecular complexity index is 2690. The van der Waals surface area contributed by atoms with Crippen LogP contribution in [0.5, 0.6) is 0 Å². The van der Waals surface area contributed by atoms with Gasteiger partial charge in [-0.1, -0.05) is 109 Å². The third kappa shape index (κ3) is 11.2. The van der Waals surface area contributed by atoms with Gasteiger partial charge in [-0.25, -0.2) is 14.4 Å². The summed E-state index contributed by atoms with van der Waals surface area (Å²) in [6, 6.07) is 22.6. The topological polar surface area (TPSA) is 274 Å². The van der Waals surface area contributed by atoms with Gasteiger partial charge in [0.25, 0.3) is 5.91 Å². The minimum atomic E-state index is -2.52. The molecule has 2 bridgehead atoms. The monoisotopic (exact) mass is 1080 g/mol. The van der Waals surface area contributed by atoms with E-state index in [1.807, 2.05) is 0 Å². The Kier molecular flexibility index (Phi) is 17.3. The standard InChI is InChI=1S/C54H61NO18S2/c1-29(47(61)62)27-75-74-24-23-67-50(65)71-37-25-38-53(28-68-38,73-32(4)57)43-45(72-48(63)35-21-15-10-16-22-35)54(66)26-36(30(2)39(51(54,5)6)42(69-31(3)56)44(59)52(37,43)7)70-49(64)41(58)40(33-17-11-8-12-18-33)55-46(60)34-19-13-9-14-20-34/h8-22,29,36-38,40-43,45,58,66H,23-28H2,1-7H3,(H,55,60)(H,61,62)/t29-,36-,37-,38+,40-,41+,42+,43?,45?,52+,53-,54+/m0/s1. The number of aliphatic hydroxyl groups excluding tert-OH is 1. The number of Topliss-reactive ketones (excluding diaryl/α,β-unsaturated/α-hetero) is 1. The fourth-order valence-corrected chi connectivity index (χ4v) is 13.1. The second-order valence-corrected chi connectivity index (χ2v) is 22.5. The van der Waals surface area contributed by atoms with E-state index in [2.05, 4.69) is 5.32 Å². The molecule has 402 valence electrons. The van der Waals surface area contributed by atoms with Gasteiger partial charge in [0.2, 0.25) is 0 Å². The summed E-state index contributed by atoms with van der Waals surface area (Å²) in [5.41, 5.74) is -7.84. The Labute approximate surface area is 441 Å². The van der Waals surface area contributed by atoms with E-state index < -0.39 is 137 Å². The Balaban J connectivity index is 1.35. The number of fused-ring (bicyclic) bond motifs is 5. The SMILES string of the molecule is CC(=O)O[C@H]1C(=O)[C@@]2(C)C(C(OC(=O)c3ccccc3)[C@]3(O)C[C@H](OC(=O)[C@H](O)[C@@H](NC(=O)c4ccccc4)c4ccccc4)C(C)=C1C3(C)C)[C@]1(OC(C)=O)CO[C@@H]1C[C@@H]2OC(=O)OCCSSC[C@H](C)C(=O)O. The molecule has 2 unspecified atom stereocenters. The number of ether oxygens (including phenoxy) is 7. The van der Waals surface area contributed by atoms with Crippen LogP contribution >= 0.6 is 21.6 Å². The number of carboxylic acids is 1. The van der Waals surface area contributed by atoms with Gasteiger partial charge in [0, 0.05) is 49.2 Å². The van der Waals surface area contributed by atoms with Crippen molar-refractivity contribution < 1.29 is 86.8 Å². The first-order chi connectivity index (χ1) is 35.5. The van der Waals surface area contributed by atoms with Crippen molar-refractivity contribution in [1.29, 1.82) is 0 Å². The van der Waals surface area contributed by atoms with Crippen molar-refractivity contribution in [2.75, 3.05) is 24.7 Å². The van der Waals surface area contributed by atoms with Crippen molar-refractivity contribution in [3.8, 4) is 0 Å². The molecule has 75 heavy (non-hydrogen) atoms. The molecule has 1 amide bonds. The summed E-state index contributed by atoms with van der Waals surface area (Å²) < 4.78 is 42.4. The zero-order chi connectivity index (χ0) is 54.6. The van der Waals surface area contributed by atoms with E-state index in [1.165, 1.54) is 61.4 Å². The summed E-state index contributed by atoms with van der Waals surface area (Å²) in [6.07, 6.45) is -12.5. The number of hydrogen-bond acceptors (Lipinski definition) is 19. The summed E-state index contributed by atoms with van der Waals surface area (Å²) in [6.45, 7) is 9.04. The van der Waals surface area contributed by atoms with Crippen molar-refractivity contribution in [2.45, 2.75) is 115 Å². The van der Waals surface area contributed by atoms with Gasteiger partial charge in [0.1, 0.15) is 36.6 Å². The summed E-state index contributed by atoms with van der Waals surface area (Å²) in [5.74, 6) is -8.45. The number of hydrogen-bond donors (Lipinski definition) is 4. The highest BCUT2D eigenvalue weighted by Crippen LogP contribution is 2.65. The maximum atomic E-state index is 16.2. The van der Waals surface area contributed by atoms with E-state index in [9.17, 15) is 48.9 Å². The van der Waals surface area contributed by atoms with Gasteiger partial charge in [-0.2, -0.15) is 0 Å². The second kappa shape index (κ2) is 22.9. The fourth-order valence-electron chi connectivity index (χ4n) is 10.9. The van der Waals surface area contributed by atoms with Crippen LogP contribution in [0.15, 0.2) is 102 Å². The number of aliphatic carboxylic acids is 1. The average molecular weight is 1080 g/mol. The molecule has 4 N–H and O–H groups in total. The van der Waals surface area contributed by atoms with Crippen LogP contribution in [-0.4, -0.2) is 136 Å². The highest BCUT2D eigenvalue weighted by molar-refractivity contribution is 8.76. The maximum Gasteiger partial charge on any atom is 0.508 e. The molecule has 7 rings (SSSR count). The van der Waals surface area contributed by atoms with Crippen LogP contribution in [0.2, 0.25) is 0 Å². The van der Waals surface area contributed by atoms with Crippen LogP contribution in [0.3, 0.4) is 0 Å². The first-order valence-corrected chi connectivity index (χ1v) is 26.8. The molecular weight excluding hydrogens is 1010 g/mol. The molecule has 12 atom stereocenters. The highest BCUT2D eigenvalue weighted by atomic mass is 33.1. The predicted octanol–water partition coefficient (Wildman–Crippen LogP) is 6.00. The zero-order valence-corrected chi connectivity index (χ0v) is 44.0. The summed E-state index contributed by atoms with van der Waals surface area (Å²) >= 11 is 0. The van der Waals surface area contributed by atoms with E-state index in [0.29, 0.717) is 5.56 Å². The van der Waals surface area contributed by atoms with E-state index in [4.69, 9.17) is 33.2 Å². The molecule has 0 radical (unpaired) electrons. The minimum Gasteiger partial charge on any atom is -0.481 e. The number of amides is 1. The normalized spacial score (nSPS) is 28.6. The lowest BCUT2D eigenvalue weighted by Crippen LogP contribution is -2.82. The van der Waals surface area contributed by atoms with Crippen molar-refractivity contribution in [1.82, 2.24) is 5.32 Å². The van der Waals surface area contributed by atoms with Crippen LogP contribution in [0.1, 0.15) is 93.6 Å². The molecule has 4 aliphatic rings. The number of esters is 4. The van der Waals surface area contributed by atoms with Crippen LogP contribution in [0.4, 0.5) is 4.79 Å². The number of carboxylic acid groups (broad SMARTS) is 1. The van der Waals surface area contributed by atoms with E-state index in [-0.39, 0.29) is 46.8 Å². The first kappa shape index (κ1) is 56.5. The van der Waals surface area contributed by atoms with Crippen molar-refractivity contribution in [3.63, 3.8) is 0 Å². The van der Waals surface area contributed by atoms with Crippen LogP contribution < -0.4 is 5.32 Å². The number of carbonyl (C=O) groups is 8. The third-order valence-corrected chi connectivity index (χ3v) is 17.4. The number of aliphatic hydroxyl groups is 2. The number of benzene rings is 3. The molecule has 1 aliphatic heterocycles. The highest BCUT2D eigenvalue weighted by Gasteiger charge is 2.79. The molecule has 0 spiro atoms. The zero-order valence-electron chi connectivity index (χ0n) is 42.4. The van der Waals surface area contributed by atoms with Gasteiger partial charge >= 0.3 is 36.0 Å².